The minimum absolute atomic E-state index is 0.962. The van der Waals surface area contributed by atoms with Crippen LogP contribution in [-0.4, -0.2) is 7.11 Å². The predicted octanol–water partition coefficient (Wildman–Crippen LogP) is 6.06. The molecule has 130 valence electrons. The van der Waals surface area contributed by atoms with Crippen molar-refractivity contribution in [2.75, 3.05) is 7.11 Å². The molecule has 0 N–H and O–H groups in total. The van der Waals surface area contributed by atoms with Gasteiger partial charge in [0, 0.05) is 5.39 Å². The summed E-state index contributed by atoms with van der Waals surface area (Å²) in [6.07, 6.45) is 10.8. The Kier molecular flexibility index (Phi) is 4.88. The normalized spacial score (nSPS) is 13.2. The molecule has 0 saturated heterocycles. The number of aryl methyl sites for hydroxylation is 2. The monoisotopic (exact) mass is 340 g/mol. The zero-order chi connectivity index (χ0) is 17.8. The standard InChI is InChI=1S/C25H24O/c1-26-25-13-7-12-23-22(15-14-19-8-3-2-4-9-19)17-21(18-24(23)25)16-20-10-5-6-11-20/h2-10,12-13,17-18H,11,14-16H2,1H3. The summed E-state index contributed by atoms with van der Waals surface area (Å²) in [6, 6.07) is 21.8. The molecule has 0 atom stereocenters. The molecule has 0 spiro atoms. The van der Waals surface area contributed by atoms with Crippen molar-refractivity contribution in [3.05, 3.63) is 101 Å². The number of hydrogen-bond acceptors (Lipinski definition) is 1. The molecule has 4 rings (SSSR count). The number of benzene rings is 3. The molecular weight excluding hydrogens is 316 g/mol. The van der Waals surface area contributed by atoms with Gasteiger partial charge in [-0.15, -0.1) is 0 Å². The summed E-state index contributed by atoms with van der Waals surface area (Å²) in [4.78, 5) is 0. The fraction of sp³-hybridized carbons (Fsp3) is 0.200. The van der Waals surface area contributed by atoms with Crippen LogP contribution in [0.15, 0.2) is 84.5 Å². The first kappa shape index (κ1) is 16.7. The van der Waals surface area contributed by atoms with E-state index >= 15 is 0 Å². The second-order valence-corrected chi connectivity index (χ2v) is 6.93. The number of ether oxygens (including phenoxy) is 1. The van der Waals surface area contributed by atoms with Crippen LogP contribution < -0.4 is 4.74 Å². The molecule has 3 aromatic carbocycles. The molecule has 0 heterocycles. The van der Waals surface area contributed by atoms with Gasteiger partial charge in [-0.05, 0) is 59.9 Å². The van der Waals surface area contributed by atoms with Crippen LogP contribution in [0.4, 0.5) is 0 Å². The highest BCUT2D eigenvalue weighted by Crippen LogP contribution is 2.31. The van der Waals surface area contributed by atoms with E-state index in [1.807, 2.05) is 0 Å². The van der Waals surface area contributed by atoms with Crippen molar-refractivity contribution in [3.63, 3.8) is 0 Å². The van der Waals surface area contributed by atoms with Gasteiger partial charge in [0.25, 0.3) is 0 Å². The van der Waals surface area contributed by atoms with Crippen molar-refractivity contribution in [2.45, 2.75) is 25.7 Å². The summed E-state index contributed by atoms with van der Waals surface area (Å²) < 4.78 is 5.64. The fourth-order valence-corrected chi connectivity index (χ4v) is 3.80. The Balaban J connectivity index is 1.71. The zero-order valence-corrected chi connectivity index (χ0v) is 15.2. The molecule has 1 heteroatoms. The van der Waals surface area contributed by atoms with Gasteiger partial charge in [0.15, 0.2) is 0 Å². The number of allylic oxidation sites excluding steroid dienone is 4. The van der Waals surface area contributed by atoms with Crippen LogP contribution in [0.3, 0.4) is 0 Å². The van der Waals surface area contributed by atoms with Crippen molar-refractivity contribution in [1.29, 1.82) is 0 Å². The lowest BCUT2D eigenvalue weighted by atomic mass is 9.93. The zero-order valence-electron chi connectivity index (χ0n) is 15.2. The van der Waals surface area contributed by atoms with Crippen molar-refractivity contribution < 1.29 is 4.74 Å². The molecular formula is C25H24O. The second kappa shape index (κ2) is 7.61. The molecule has 0 fully saturated rings. The van der Waals surface area contributed by atoms with Crippen LogP contribution in [0.5, 0.6) is 5.75 Å². The van der Waals surface area contributed by atoms with Crippen molar-refractivity contribution >= 4 is 10.8 Å². The molecule has 0 bridgehead atoms. The Bertz CT molecular complexity index is 964. The molecule has 1 nitrogen and oxygen atoms in total. The molecule has 0 unspecified atom stereocenters. The van der Waals surface area contributed by atoms with Crippen LogP contribution in [0, 0.1) is 0 Å². The first-order valence-electron chi connectivity index (χ1n) is 9.30. The minimum Gasteiger partial charge on any atom is -0.496 e. The summed E-state index contributed by atoms with van der Waals surface area (Å²) in [5.74, 6) is 0.962. The molecule has 0 aliphatic heterocycles. The Morgan fingerprint density at radius 2 is 1.73 bits per heavy atom. The lowest BCUT2D eigenvalue weighted by Gasteiger charge is -2.14. The van der Waals surface area contributed by atoms with Gasteiger partial charge in [0.1, 0.15) is 5.75 Å². The number of rotatable bonds is 6. The minimum atomic E-state index is 0.962. The van der Waals surface area contributed by atoms with Gasteiger partial charge in [-0.3, -0.25) is 0 Å². The highest BCUT2D eigenvalue weighted by molar-refractivity contribution is 5.91. The molecule has 26 heavy (non-hydrogen) atoms. The first-order chi connectivity index (χ1) is 12.8. The third-order valence-corrected chi connectivity index (χ3v) is 5.13. The van der Waals surface area contributed by atoms with Gasteiger partial charge in [0.2, 0.25) is 0 Å². The predicted molar refractivity (Wildman–Crippen MR) is 110 cm³/mol. The molecule has 0 radical (unpaired) electrons. The van der Waals surface area contributed by atoms with Gasteiger partial charge in [-0.25, -0.2) is 0 Å². The van der Waals surface area contributed by atoms with Gasteiger partial charge < -0.3 is 4.74 Å². The van der Waals surface area contributed by atoms with E-state index in [9.17, 15) is 0 Å². The molecule has 1 aliphatic carbocycles. The van der Waals surface area contributed by atoms with E-state index in [0.717, 1.165) is 31.4 Å². The van der Waals surface area contributed by atoms with Crippen LogP contribution in [0.25, 0.3) is 10.8 Å². The number of hydrogen-bond donors (Lipinski definition) is 0. The van der Waals surface area contributed by atoms with E-state index in [-0.39, 0.29) is 0 Å². The fourth-order valence-electron chi connectivity index (χ4n) is 3.80. The van der Waals surface area contributed by atoms with Crippen LogP contribution in [-0.2, 0) is 19.3 Å². The van der Waals surface area contributed by atoms with E-state index in [0.29, 0.717) is 0 Å². The second-order valence-electron chi connectivity index (χ2n) is 6.93. The molecule has 0 amide bonds. The Morgan fingerprint density at radius 3 is 2.50 bits per heavy atom. The largest absolute Gasteiger partial charge is 0.496 e. The van der Waals surface area contributed by atoms with Crippen LogP contribution in [0.2, 0.25) is 0 Å². The van der Waals surface area contributed by atoms with Gasteiger partial charge >= 0.3 is 0 Å². The summed E-state index contributed by atoms with van der Waals surface area (Å²) in [7, 11) is 1.76. The average Bonchev–Trinajstić information content (AvgIpc) is 3.19. The first-order valence-corrected chi connectivity index (χ1v) is 9.30. The lowest BCUT2D eigenvalue weighted by molar-refractivity contribution is 0.420. The summed E-state index contributed by atoms with van der Waals surface area (Å²) in [6.45, 7) is 0. The van der Waals surface area contributed by atoms with Gasteiger partial charge in [-0.2, -0.15) is 0 Å². The van der Waals surface area contributed by atoms with Crippen molar-refractivity contribution in [3.8, 4) is 5.75 Å². The van der Waals surface area contributed by atoms with Crippen molar-refractivity contribution in [1.82, 2.24) is 0 Å². The van der Waals surface area contributed by atoms with E-state index in [1.54, 1.807) is 7.11 Å². The molecule has 3 aromatic rings. The highest BCUT2D eigenvalue weighted by Gasteiger charge is 2.10. The summed E-state index contributed by atoms with van der Waals surface area (Å²) >= 11 is 0. The maximum Gasteiger partial charge on any atom is 0.126 e. The Hall–Kier alpha value is -2.80. The number of methoxy groups -OCH3 is 1. The van der Waals surface area contributed by atoms with Crippen LogP contribution >= 0.6 is 0 Å². The highest BCUT2D eigenvalue weighted by atomic mass is 16.5. The van der Waals surface area contributed by atoms with Gasteiger partial charge in [0.05, 0.1) is 7.11 Å². The Labute approximate surface area is 155 Å². The smallest absolute Gasteiger partial charge is 0.126 e. The van der Waals surface area contributed by atoms with E-state index < -0.39 is 0 Å². The quantitative estimate of drug-likeness (QED) is 0.530. The third-order valence-electron chi connectivity index (χ3n) is 5.13. The van der Waals surface area contributed by atoms with E-state index in [4.69, 9.17) is 4.74 Å². The van der Waals surface area contributed by atoms with Crippen LogP contribution in [0.1, 0.15) is 23.1 Å². The molecule has 0 saturated carbocycles. The summed E-state index contributed by atoms with van der Waals surface area (Å²) in [5.41, 5.74) is 5.65. The van der Waals surface area contributed by atoms with E-state index in [1.165, 1.54) is 33.0 Å². The maximum atomic E-state index is 5.64. The lowest BCUT2D eigenvalue weighted by Crippen LogP contribution is -1.97. The van der Waals surface area contributed by atoms with Crippen molar-refractivity contribution in [2.24, 2.45) is 0 Å². The van der Waals surface area contributed by atoms with E-state index in [2.05, 4.69) is 78.9 Å². The summed E-state index contributed by atoms with van der Waals surface area (Å²) in [5, 5.41) is 2.53. The SMILES string of the molecule is COc1cccc2c(CCc3ccccc3)cc(CC3=CC=CC3)cc12. The topological polar surface area (TPSA) is 9.23 Å². The Morgan fingerprint density at radius 1 is 0.846 bits per heavy atom. The average molecular weight is 340 g/mol. The molecule has 0 aromatic heterocycles. The third kappa shape index (κ3) is 3.57. The number of fused-ring (bicyclic) bond motifs is 1. The maximum absolute atomic E-state index is 5.64. The van der Waals surface area contributed by atoms with Gasteiger partial charge in [-0.1, -0.05) is 72.3 Å². The molecule has 1 aliphatic rings.